The zero-order valence-electron chi connectivity index (χ0n) is 10.8. The number of ether oxygens (including phenoxy) is 1. The van der Waals surface area contributed by atoms with Gasteiger partial charge in [0.25, 0.3) is 0 Å². The van der Waals surface area contributed by atoms with Gasteiger partial charge >= 0.3 is 12.0 Å². The first kappa shape index (κ1) is 13.1. The fourth-order valence-electron chi connectivity index (χ4n) is 2.63. The van der Waals surface area contributed by atoms with E-state index in [1.165, 1.54) is 0 Å². The minimum atomic E-state index is -0.824. The monoisotopic (exact) mass is 256 g/mol. The van der Waals surface area contributed by atoms with E-state index < -0.39 is 11.9 Å². The first-order valence-electron chi connectivity index (χ1n) is 6.39. The number of carbonyl (C=O) groups is 2. The average Bonchev–Trinajstić information content (AvgIpc) is 2.86. The Bertz CT molecular complexity index is 347. The minimum absolute atomic E-state index is 0.00509. The molecule has 2 rings (SSSR count). The Morgan fingerprint density at radius 3 is 2.56 bits per heavy atom. The largest absolute Gasteiger partial charge is 0.481 e. The van der Waals surface area contributed by atoms with E-state index >= 15 is 0 Å². The lowest BCUT2D eigenvalue weighted by atomic mass is 9.99. The number of likely N-dealkylation sites (tertiary alicyclic amines) is 1. The number of aliphatic carboxylic acids is 1. The van der Waals surface area contributed by atoms with Gasteiger partial charge in [0.05, 0.1) is 18.1 Å². The molecule has 2 aliphatic rings. The summed E-state index contributed by atoms with van der Waals surface area (Å²) in [5, 5.41) is 12.0. The topological polar surface area (TPSA) is 78.9 Å². The van der Waals surface area contributed by atoms with Gasteiger partial charge < -0.3 is 20.1 Å². The molecule has 6 heteroatoms. The lowest BCUT2D eigenvalue weighted by Crippen LogP contribution is -2.46. The van der Waals surface area contributed by atoms with Gasteiger partial charge in [0.15, 0.2) is 0 Å². The average molecular weight is 256 g/mol. The number of carbonyl (C=O) groups excluding carboxylic acids is 1. The fourth-order valence-corrected chi connectivity index (χ4v) is 2.63. The highest BCUT2D eigenvalue weighted by Crippen LogP contribution is 2.23. The van der Waals surface area contributed by atoms with Crippen molar-refractivity contribution in [1.29, 1.82) is 0 Å². The van der Waals surface area contributed by atoms with Crippen LogP contribution in [0.2, 0.25) is 0 Å². The molecule has 0 aromatic rings. The summed E-state index contributed by atoms with van der Waals surface area (Å²) in [6, 6.07) is -0.135. The SMILES string of the molecule is CC1CN(C(=O)NC2CCOC2C)CC1C(=O)O. The summed E-state index contributed by atoms with van der Waals surface area (Å²) in [5.41, 5.74) is 0. The van der Waals surface area contributed by atoms with E-state index in [2.05, 4.69) is 5.32 Å². The van der Waals surface area contributed by atoms with Crippen LogP contribution >= 0.6 is 0 Å². The van der Waals surface area contributed by atoms with Crippen molar-refractivity contribution >= 4 is 12.0 Å². The molecule has 0 aromatic heterocycles. The second kappa shape index (κ2) is 5.14. The van der Waals surface area contributed by atoms with Crippen molar-refractivity contribution in [3.63, 3.8) is 0 Å². The fraction of sp³-hybridized carbons (Fsp3) is 0.833. The number of rotatable bonds is 2. The van der Waals surface area contributed by atoms with Crippen LogP contribution in [-0.4, -0.2) is 53.8 Å². The Hall–Kier alpha value is -1.30. The molecule has 0 saturated carbocycles. The molecule has 0 bridgehead atoms. The molecule has 18 heavy (non-hydrogen) atoms. The van der Waals surface area contributed by atoms with Crippen molar-refractivity contribution in [2.24, 2.45) is 11.8 Å². The van der Waals surface area contributed by atoms with Gasteiger partial charge in [-0.2, -0.15) is 0 Å². The highest BCUT2D eigenvalue weighted by atomic mass is 16.5. The highest BCUT2D eigenvalue weighted by molar-refractivity contribution is 5.77. The van der Waals surface area contributed by atoms with Crippen molar-refractivity contribution < 1.29 is 19.4 Å². The number of carboxylic acids is 1. The van der Waals surface area contributed by atoms with Gasteiger partial charge in [0.2, 0.25) is 0 Å². The summed E-state index contributed by atoms with van der Waals surface area (Å²) in [4.78, 5) is 24.6. The van der Waals surface area contributed by atoms with Crippen LogP contribution in [0.3, 0.4) is 0 Å². The number of carboxylic acid groups (broad SMARTS) is 1. The third-order valence-corrected chi connectivity index (χ3v) is 3.90. The molecule has 0 spiro atoms. The van der Waals surface area contributed by atoms with E-state index in [1.807, 2.05) is 13.8 Å². The van der Waals surface area contributed by atoms with E-state index in [0.29, 0.717) is 19.7 Å². The maximum Gasteiger partial charge on any atom is 0.317 e. The predicted octanol–water partition coefficient (Wildman–Crippen LogP) is 0.526. The minimum Gasteiger partial charge on any atom is -0.481 e. The molecule has 0 radical (unpaired) electrons. The van der Waals surface area contributed by atoms with Gasteiger partial charge in [-0.15, -0.1) is 0 Å². The molecule has 4 unspecified atom stereocenters. The first-order chi connectivity index (χ1) is 8.49. The molecular weight excluding hydrogens is 236 g/mol. The molecule has 0 aromatic carbocycles. The van der Waals surface area contributed by atoms with Crippen LogP contribution in [-0.2, 0) is 9.53 Å². The van der Waals surface area contributed by atoms with Crippen LogP contribution in [0.25, 0.3) is 0 Å². The Labute approximate surface area is 106 Å². The maximum atomic E-state index is 12.0. The number of hydrogen-bond donors (Lipinski definition) is 2. The van der Waals surface area contributed by atoms with Crippen LogP contribution in [0.4, 0.5) is 4.79 Å². The summed E-state index contributed by atoms with van der Waals surface area (Å²) in [6.07, 6.45) is 0.850. The Morgan fingerprint density at radius 1 is 1.33 bits per heavy atom. The van der Waals surface area contributed by atoms with Crippen LogP contribution in [0.1, 0.15) is 20.3 Å². The molecule has 2 aliphatic heterocycles. The predicted molar refractivity (Wildman–Crippen MR) is 64.2 cm³/mol. The lowest BCUT2D eigenvalue weighted by Gasteiger charge is -2.22. The quantitative estimate of drug-likeness (QED) is 0.755. The maximum absolute atomic E-state index is 12.0. The van der Waals surface area contributed by atoms with E-state index in [0.717, 1.165) is 6.42 Å². The standard InChI is InChI=1S/C12H20N2O4/c1-7-5-14(6-9(7)11(15)16)12(17)13-10-3-4-18-8(10)2/h7-10H,3-6H2,1-2H3,(H,13,17)(H,15,16). The third-order valence-electron chi connectivity index (χ3n) is 3.90. The number of amides is 2. The molecule has 2 saturated heterocycles. The van der Waals surface area contributed by atoms with Crippen LogP contribution in [0.15, 0.2) is 0 Å². The van der Waals surface area contributed by atoms with Crippen molar-refractivity contribution in [3.05, 3.63) is 0 Å². The number of urea groups is 1. The van der Waals surface area contributed by atoms with Crippen molar-refractivity contribution in [2.75, 3.05) is 19.7 Å². The van der Waals surface area contributed by atoms with Crippen LogP contribution in [0.5, 0.6) is 0 Å². The smallest absolute Gasteiger partial charge is 0.317 e. The van der Waals surface area contributed by atoms with Gasteiger partial charge in [-0.05, 0) is 19.3 Å². The summed E-state index contributed by atoms with van der Waals surface area (Å²) in [6.45, 7) is 5.27. The second-order valence-corrected chi connectivity index (χ2v) is 5.25. The van der Waals surface area contributed by atoms with Crippen molar-refractivity contribution in [3.8, 4) is 0 Å². The number of nitrogens with zero attached hydrogens (tertiary/aromatic N) is 1. The van der Waals surface area contributed by atoms with E-state index in [9.17, 15) is 9.59 Å². The Morgan fingerprint density at radius 2 is 2.06 bits per heavy atom. The van der Waals surface area contributed by atoms with Crippen LogP contribution < -0.4 is 5.32 Å². The zero-order valence-corrected chi connectivity index (χ0v) is 10.8. The summed E-state index contributed by atoms with van der Waals surface area (Å²) in [5.74, 6) is -1.27. The molecule has 0 aliphatic carbocycles. The summed E-state index contributed by atoms with van der Waals surface area (Å²) >= 11 is 0. The normalized spacial score (nSPS) is 35.8. The van der Waals surface area contributed by atoms with E-state index in [1.54, 1.807) is 4.90 Å². The molecule has 2 heterocycles. The van der Waals surface area contributed by atoms with E-state index in [-0.39, 0.29) is 24.1 Å². The second-order valence-electron chi connectivity index (χ2n) is 5.25. The van der Waals surface area contributed by atoms with Gasteiger partial charge in [0, 0.05) is 19.7 Å². The molecular formula is C12H20N2O4. The van der Waals surface area contributed by atoms with Crippen molar-refractivity contribution in [1.82, 2.24) is 10.2 Å². The number of nitrogens with one attached hydrogen (secondary N) is 1. The Balaban J connectivity index is 1.89. The first-order valence-corrected chi connectivity index (χ1v) is 6.39. The number of hydrogen-bond acceptors (Lipinski definition) is 3. The van der Waals surface area contributed by atoms with Gasteiger partial charge in [-0.1, -0.05) is 6.92 Å². The molecule has 6 nitrogen and oxygen atoms in total. The van der Waals surface area contributed by atoms with Gasteiger partial charge in [0.1, 0.15) is 0 Å². The molecule has 102 valence electrons. The molecule has 2 fully saturated rings. The summed E-state index contributed by atoms with van der Waals surface area (Å²) < 4.78 is 5.38. The van der Waals surface area contributed by atoms with E-state index in [4.69, 9.17) is 9.84 Å². The molecule has 2 amide bonds. The Kier molecular flexibility index (Phi) is 3.75. The van der Waals surface area contributed by atoms with Gasteiger partial charge in [-0.3, -0.25) is 4.79 Å². The zero-order chi connectivity index (χ0) is 13.3. The van der Waals surface area contributed by atoms with Crippen LogP contribution in [0, 0.1) is 11.8 Å². The van der Waals surface area contributed by atoms with Gasteiger partial charge in [-0.25, -0.2) is 4.79 Å². The third kappa shape index (κ3) is 2.58. The molecule has 2 N–H and O–H groups in total. The lowest BCUT2D eigenvalue weighted by molar-refractivity contribution is -0.142. The summed E-state index contributed by atoms with van der Waals surface area (Å²) in [7, 11) is 0. The van der Waals surface area contributed by atoms with Crippen molar-refractivity contribution in [2.45, 2.75) is 32.4 Å². The molecule has 4 atom stereocenters. The highest BCUT2D eigenvalue weighted by Gasteiger charge is 2.38.